The molecule has 1 aromatic rings. The van der Waals surface area contributed by atoms with Crippen LogP contribution in [0.3, 0.4) is 0 Å². The number of carbonyl (C=O) groups is 1. The van der Waals surface area contributed by atoms with E-state index < -0.39 is 6.04 Å². The van der Waals surface area contributed by atoms with Gasteiger partial charge in [0.05, 0.1) is 0 Å². The monoisotopic (exact) mass is 344 g/mol. The van der Waals surface area contributed by atoms with Crippen molar-refractivity contribution in [1.29, 1.82) is 0 Å². The van der Waals surface area contributed by atoms with Gasteiger partial charge in [-0.3, -0.25) is 0 Å². The standard InChI is InChI=1S/C19H25FN4O/c20-16-3-1-2-14(9-16)18(22)11-24-19(25)23-10-17(21)7-12-4-5-13-8-15(13)6-12/h1-6,9,13,15,17-18H,7-8,10-11,21-22H2,(H2,23,24,25)/t13?,15-,17?,18?/m1/s1. The quantitative estimate of drug-likeness (QED) is 0.609. The lowest BCUT2D eigenvalue weighted by Gasteiger charge is -2.17. The number of nitrogens with two attached hydrogens (primary N) is 2. The van der Waals surface area contributed by atoms with Gasteiger partial charge in [-0.1, -0.05) is 35.9 Å². The molecule has 5 nitrogen and oxygen atoms in total. The molecule has 6 N–H and O–H groups in total. The molecule has 1 aromatic carbocycles. The predicted molar refractivity (Wildman–Crippen MR) is 96.1 cm³/mol. The van der Waals surface area contributed by atoms with Crippen molar-refractivity contribution in [2.24, 2.45) is 23.3 Å². The fraction of sp³-hybridized carbons (Fsp3) is 0.421. The first-order chi connectivity index (χ1) is 12.0. The number of hydrogen-bond donors (Lipinski definition) is 4. The Morgan fingerprint density at radius 3 is 2.80 bits per heavy atom. The van der Waals surface area contributed by atoms with E-state index in [0.29, 0.717) is 18.0 Å². The molecule has 3 rings (SSSR count). The van der Waals surface area contributed by atoms with E-state index in [4.69, 9.17) is 11.5 Å². The Hall–Kier alpha value is -2.18. The highest BCUT2D eigenvalue weighted by Gasteiger charge is 2.34. The van der Waals surface area contributed by atoms with Crippen LogP contribution in [-0.2, 0) is 0 Å². The fourth-order valence-electron chi connectivity index (χ4n) is 3.08. The van der Waals surface area contributed by atoms with Gasteiger partial charge in [0.25, 0.3) is 0 Å². The molecule has 0 aliphatic heterocycles. The lowest BCUT2D eigenvalue weighted by atomic mass is 10.0. The average molecular weight is 344 g/mol. The average Bonchev–Trinajstić information content (AvgIpc) is 3.36. The van der Waals surface area contributed by atoms with Gasteiger partial charge in [0.2, 0.25) is 0 Å². The van der Waals surface area contributed by atoms with Gasteiger partial charge in [0, 0.05) is 25.2 Å². The SMILES string of the molecule is NC(CNC(=O)NCC(N)c1cccc(F)c1)CC1=C[C@@H]2CC2C=C1. The van der Waals surface area contributed by atoms with Crippen LogP contribution in [-0.4, -0.2) is 25.2 Å². The predicted octanol–water partition coefficient (Wildman–Crippen LogP) is 1.97. The Morgan fingerprint density at radius 1 is 1.24 bits per heavy atom. The van der Waals surface area contributed by atoms with Gasteiger partial charge in [-0.2, -0.15) is 0 Å². The van der Waals surface area contributed by atoms with E-state index >= 15 is 0 Å². The number of urea groups is 1. The molecule has 4 atom stereocenters. The van der Waals surface area contributed by atoms with Gasteiger partial charge in [-0.15, -0.1) is 0 Å². The van der Waals surface area contributed by atoms with Gasteiger partial charge in [-0.05, 0) is 42.4 Å². The maximum Gasteiger partial charge on any atom is 0.314 e. The summed E-state index contributed by atoms with van der Waals surface area (Å²) in [7, 11) is 0. The molecule has 1 saturated carbocycles. The van der Waals surface area contributed by atoms with Crippen LogP contribution in [0.1, 0.15) is 24.4 Å². The Labute approximate surface area is 147 Å². The number of hydrogen-bond acceptors (Lipinski definition) is 3. The molecule has 25 heavy (non-hydrogen) atoms. The third-order valence-electron chi connectivity index (χ3n) is 4.66. The zero-order chi connectivity index (χ0) is 17.8. The number of carbonyl (C=O) groups excluding carboxylic acids is 1. The molecule has 2 aliphatic rings. The zero-order valence-corrected chi connectivity index (χ0v) is 14.1. The summed E-state index contributed by atoms with van der Waals surface area (Å²) in [4.78, 5) is 11.9. The molecule has 0 radical (unpaired) electrons. The van der Waals surface area contributed by atoms with Crippen molar-refractivity contribution < 1.29 is 9.18 Å². The first kappa shape index (κ1) is 17.6. The van der Waals surface area contributed by atoms with E-state index in [1.807, 2.05) is 0 Å². The Balaban J connectivity index is 1.35. The van der Waals surface area contributed by atoms with Gasteiger partial charge in [-0.25, -0.2) is 9.18 Å². The number of fused-ring (bicyclic) bond motifs is 1. The fourth-order valence-corrected chi connectivity index (χ4v) is 3.08. The first-order valence-electron chi connectivity index (χ1n) is 8.68. The van der Waals surface area contributed by atoms with Crippen molar-refractivity contribution in [3.05, 3.63) is 59.4 Å². The topological polar surface area (TPSA) is 93.2 Å². The van der Waals surface area contributed by atoms with Crippen LogP contribution >= 0.6 is 0 Å². The van der Waals surface area contributed by atoms with E-state index in [-0.39, 0.29) is 24.4 Å². The van der Waals surface area contributed by atoms with Crippen molar-refractivity contribution in [3.63, 3.8) is 0 Å². The summed E-state index contributed by atoms with van der Waals surface area (Å²) in [5.41, 5.74) is 13.9. The van der Waals surface area contributed by atoms with Crippen LogP contribution in [0, 0.1) is 17.7 Å². The molecule has 0 saturated heterocycles. The second-order valence-corrected chi connectivity index (χ2v) is 6.88. The van der Waals surface area contributed by atoms with Crippen LogP contribution < -0.4 is 22.1 Å². The Kier molecular flexibility index (Phi) is 5.50. The summed E-state index contributed by atoms with van der Waals surface area (Å²) in [6.07, 6.45) is 8.69. The summed E-state index contributed by atoms with van der Waals surface area (Å²) < 4.78 is 13.2. The van der Waals surface area contributed by atoms with Gasteiger partial charge in [0.1, 0.15) is 5.82 Å². The van der Waals surface area contributed by atoms with E-state index in [9.17, 15) is 9.18 Å². The van der Waals surface area contributed by atoms with Crippen molar-refractivity contribution in [2.45, 2.75) is 24.9 Å². The minimum absolute atomic E-state index is 0.131. The third-order valence-corrected chi connectivity index (χ3v) is 4.66. The van der Waals surface area contributed by atoms with E-state index in [1.165, 1.54) is 24.1 Å². The van der Waals surface area contributed by atoms with Gasteiger partial charge < -0.3 is 22.1 Å². The number of halogens is 1. The third kappa shape index (κ3) is 5.14. The van der Waals surface area contributed by atoms with Crippen molar-refractivity contribution in [2.75, 3.05) is 13.1 Å². The van der Waals surface area contributed by atoms with Gasteiger partial charge >= 0.3 is 6.03 Å². The molecule has 3 unspecified atom stereocenters. The first-order valence-corrected chi connectivity index (χ1v) is 8.68. The molecular weight excluding hydrogens is 319 g/mol. The largest absolute Gasteiger partial charge is 0.337 e. The Morgan fingerprint density at radius 2 is 2.04 bits per heavy atom. The normalized spacial score (nSPS) is 23.2. The minimum Gasteiger partial charge on any atom is -0.337 e. The molecular formula is C19H25FN4O. The summed E-state index contributed by atoms with van der Waals surface area (Å²) in [6, 6.07) is 5.15. The van der Waals surface area contributed by atoms with E-state index in [1.54, 1.807) is 12.1 Å². The highest BCUT2D eigenvalue weighted by Crippen LogP contribution is 2.44. The highest BCUT2D eigenvalue weighted by atomic mass is 19.1. The number of amides is 2. The van der Waals surface area contributed by atoms with Gasteiger partial charge in [0.15, 0.2) is 0 Å². The zero-order valence-electron chi connectivity index (χ0n) is 14.1. The summed E-state index contributed by atoms with van der Waals surface area (Å²) in [5, 5.41) is 5.45. The second-order valence-electron chi connectivity index (χ2n) is 6.88. The number of rotatable bonds is 7. The minimum atomic E-state index is -0.459. The lowest BCUT2D eigenvalue weighted by Crippen LogP contribution is -2.44. The second kappa shape index (κ2) is 7.80. The molecule has 0 spiro atoms. The van der Waals surface area contributed by atoms with Crippen LogP contribution in [0.4, 0.5) is 9.18 Å². The number of allylic oxidation sites excluding steroid dienone is 3. The summed E-state index contributed by atoms with van der Waals surface area (Å²) in [5.74, 6) is 1.10. The maximum atomic E-state index is 13.2. The highest BCUT2D eigenvalue weighted by molar-refractivity contribution is 5.73. The van der Waals surface area contributed by atoms with E-state index in [2.05, 4.69) is 28.9 Å². The van der Waals surface area contributed by atoms with Crippen molar-refractivity contribution in [3.8, 4) is 0 Å². The summed E-state index contributed by atoms with van der Waals surface area (Å²) in [6.45, 7) is 0.613. The molecule has 134 valence electrons. The van der Waals surface area contributed by atoms with Crippen LogP contribution in [0.2, 0.25) is 0 Å². The Bertz CT molecular complexity index is 688. The molecule has 2 amide bonds. The number of benzene rings is 1. The molecule has 0 aromatic heterocycles. The maximum absolute atomic E-state index is 13.2. The van der Waals surface area contributed by atoms with Crippen LogP contribution in [0.15, 0.2) is 48.1 Å². The number of nitrogens with one attached hydrogen (secondary N) is 2. The lowest BCUT2D eigenvalue weighted by molar-refractivity contribution is 0.239. The molecule has 0 bridgehead atoms. The molecule has 6 heteroatoms. The molecule has 2 aliphatic carbocycles. The van der Waals surface area contributed by atoms with Crippen LogP contribution in [0.5, 0.6) is 0 Å². The van der Waals surface area contributed by atoms with Crippen molar-refractivity contribution >= 4 is 6.03 Å². The van der Waals surface area contributed by atoms with Crippen LogP contribution in [0.25, 0.3) is 0 Å². The smallest absolute Gasteiger partial charge is 0.314 e. The summed E-state index contributed by atoms with van der Waals surface area (Å²) >= 11 is 0. The van der Waals surface area contributed by atoms with E-state index in [0.717, 1.165) is 12.3 Å². The molecule has 0 heterocycles. The van der Waals surface area contributed by atoms with Crippen molar-refractivity contribution in [1.82, 2.24) is 10.6 Å². The molecule has 1 fully saturated rings.